The molecule has 1 atom stereocenters. The van der Waals surface area contributed by atoms with E-state index >= 15 is 0 Å². The lowest BCUT2D eigenvalue weighted by atomic mass is 10.2. The third kappa shape index (κ3) is 5.37. The molecule has 0 saturated heterocycles. The topological polar surface area (TPSA) is 139 Å². The summed E-state index contributed by atoms with van der Waals surface area (Å²) in [6.07, 6.45) is 0.222. The number of aliphatic hydroxyl groups excluding tert-OH is 1. The fraction of sp³-hybridized carbons (Fsp3) is 0.385. The van der Waals surface area contributed by atoms with E-state index < -0.39 is 29.4 Å². The molecule has 0 heterocycles. The molecule has 0 bridgehead atoms. The number of nitrogens with one attached hydrogen (secondary N) is 1. The molecule has 1 amide bonds. The summed E-state index contributed by atoms with van der Waals surface area (Å²) in [5.74, 6) is -1.77. The molecule has 1 aromatic rings. The van der Waals surface area contributed by atoms with E-state index in [1.54, 1.807) is 6.07 Å². The molecule has 0 aliphatic rings. The zero-order chi connectivity index (χ0) is 16.5. The number of para-hydroxylation sites is 2. The highest BCUT2D eigenvalue weighted by Gasteiger charge is 2.18. The number of carboxylic acid groups (broad SMARTS) is 1. The molecule has 0 fully saturated rings. The van der Waals surface area contributed by atoms with Gasteiger partial charge in [0, 0.05) is 12.5 Å². The minimum absolute atomic E-state index is 0.0234. The van der Waals surface area contributed by atoms with Crippen LogP contribution in [0.4, 0.5) is 5.69 Å². The Kier molecular flexibility index (Phi) is 6.77. The predicted octanol–water partition coefficient (Wildman–Crippen LogP) is 0.315. The van der Waals surface area contributed by atoms with Crippen molar-refractivity contribution in [2.45, 2.75) is 18.9 Å². The summed E-state index contributed by atoms with van der Waals surface area (Å²) < 4.78 is 5.24. The van der Waals surface area contributed by atoms with Gasteiger partial charge in [0.1, 0.15) is 6.04 Å². The largest absolute Gasteiger partial charge is 0.487 e. The lowest BCUT2D eigenvalue weighted by molar-refractivity contribution is -0.385. The highest BCUT2D eigenvalue weighted by Crippen LogP contribution is 2.25. The molecule has 0 aliphatic carbocycles. The van der Waals surface area contributed by atoms with Crippen molar-refractivity contribution < 1.29 is 29.5 Å². The van der Waals surface area contributed by atoms with Crippen LogP contribution in [0.5, 0.6) is 5.75 Å². The number of aliphatic carboxylic acids is 1. The Morgan fingerprint density at radius 2 is 2.05 bits per heavy atom. The zero-order valence-electron chi connectivity index (χ0n) is 11.6. The Morgan fingerprint density at radius 3 is 2.64 bits per heavy atom. The summed E-state index contributed by atoms with van der Waals surface area (Å²) in [7, 11) is 0. The molecule has 120 valence electrons. The number of amides is 1. The van der Waals surface area contributed by atoms with Crippen LogP contribution < -0.4 is 10.1 Å². The highest BCUT2D eigenvalue weighted by molar-refractivity contribution is 5.83. The molecular formula is C13H16N2O7. The van der Waals surface area contributed by atoms with E-state index in [0.29, 0.717) is 0 Å². The molecule has 0 aromatic heterocycles. The van der Waals surface area contributed by atoms with E-state index in [9.17, 15) is 19.7 Å². The molecule has 3 N–H and O–H groups in total. The first kappa shape index (κ1) is 17.4. The molecule has 9 heteroatoms. The molecule has 22 heavy (non-hydrogen) atoms. The monoisotopic (exact) mass is 312 g/mol. The molecule has 0 radical (unpaired) electrons. The predicted molar refractivity (Wildman–Crippen MR) is 74.5 cm³/mol. The highest BCUT2D eigenvalue weighted by atomic mass is 16.6. The van der Waals surface area contributed by atoms with Crippen LogP contribution in [0.1, 0.15) is 12.8 Å². The van der Waals surface area contributed by atoms with Crippen molar-refractivity contribution in [2.24, 2.45) is 0 Å². The number of nitro groups is 1. The first-order valence-electron chi connectivity index (χ1n) is 6.45. The molecule has 0 saturated carbocycles. The Balaban J connectivity index is 2.38. The van der Waals surface area contributed by atoms with Gasteiger partial charge in [-0.1, -0.05) is 12.1 Å². The second-order valence-corrected chi connectivity index (χ2v) is 4.32. The van der Waals surface area contributed by atoms with Crippen LogP contribution in [0.2, 0.25) is 0 Å². The van der Waals surface area contributed by atoms with E-state index in [4.69, 9.17) is 14.9 Å². The quantitative estimate of drug-likeness (QED) is 0.339. The molecule has 0 aliphatic heterocycles. The molecule has 0 spiro atoms. The number of rotatable bonds is 9. The number of aliphatic hydroxyl groups is 1. The lowest BCUT2D eigenvalue weighted by Crippen LogP contribution is -2.43. The number of carbonyl (C=O) groups excluding carboxylic acids is 1. The molecule has 1 rings (SSSR count). The van der Waals surface area contributed by atoms with Crippen LogP contribution in [0, 0.1) is 10.1 Å². The van der Waals surface area contributed by atoms with Gasteiger partial charge in [-0.25, -0.2) is 4.79 Å². The van der Waals surface area contributed by atoms with Gasteiger partial charge in [-0.3, -0.25) is 14.9 Å². The fourth-order valence-corrected chi connectivity index (χ4v) is 1.60. The van der Waals surface area contributed by atoms with Gasteiger partial charge < -0.3 is 20.3 Å². The number of nitro benzene ring substituents is 1. The summed E-state index contributed by atoms with van der Waals surface area (Å²) in [4.78, 5) is 32.3. The van der Waals surface area contributed by atoms with Crippen LogP contribution >= 0.6 is 0 Å². The maximum absolute atomic E-state index is 11.5. The van der Waals surface area contributed by atoms with E-state index in [-0.39, 0.29) is 30.9 Å². The first-order valence-corrected chi connectivity index (χ1v) is 6.45. The van der Waals surface area contributed by atoms with Crippen molar-refractivity contribution in [1.29, 1.82) is 0 Å². The summed E-state index contributed by atoms with van der Waals surface area (Å²) in [5, 5.41) is 30.3. The van der Waals surface area contributed by atoms with Crippen molar-refractivity contribution in [3.63, 3.8) is 0 Å². The molecule has 9 nitrogen and oxygen atoms in total. The van der Waals surface area contributed by atoms with Gasteiger partial charge in [-0.15, -0.1) is 0 Å². The zero-order valence-corrected chi connectivity index (χ0v) is 11.6. The van der Waals surface area contributed by atoms with Crippen LogP contribution in [0.3, 0.4) is 0 Å². The maximum Gasteiger partial charge on any atom is 0.328 e. The molecule has 1 unspecified atom stereocenters. The number of ether oxygens (including phenoxy) is 1. The Labute approximate surface area is 125 Å². The lowest BCUT2D eigenvalue weighted by Gasteiger charge is -2.11. The summed E-state index contributed by atoms with van der Waals surface area (Å²) in [6, 6.07) is 4.52. The normalized spacial score (nSPS) is 11.5. The van der Waals surface area contributed by atoms with Gasteiger partial charge in [-0.05, 0) is 12.5 Å². The SMILES string of the molecule is O=C(CCCOc1ccccc1[N+](=O)[O-])NC(CO)C(=O)O. The van der Waals surface area contributed by atoms with Crippen molar-refractivity contribution in [3.8, 4) is 5.75 Å². The average molecular weight is 312 g/mol. The minimum Gasteiger partial charge on any atom is -0.487 e. The van der Waals surface area contributed by atoms with Crippen molar-refractivity contribution >= 4 is 17.6 Å². The summed E-state index contributed by atoms with van der Waals surface area (Å²) in [5.41, 5.74) is -0.168. The average Bonchev–Trinajstić information content (AvgIpc) is 2.49. The van der Waals surface area contributed by atoms with Crippen LogP contribution in [-0.4, -0.2) is 46.3 Å². The number of carbonyl (C=O) groups is 2. The third-order valence-corrected chi connectivity index (χ3v) is 2.68. The van der Waals surface area contributed by atoms with Crippen molar-refractivity contribution in [1.82, 2.24) is 5.32 Å². The third-order valence-electron chi connectivity index (χ3n) is 2.68. The molecule has 1 aromatic carbocycles. The second-order valence-electron chi connectivity index (χ2n) is 4.32. The fourth-order valence-electron chi connectivity index (χ4n) is 1.60. The number of carboxylic acids is 1. The number of nitrogens with zero attached hydrogens (tertiary/aromatic N) is 1. The van der Waals surface area contributed by atoms with Gasteiger partial charge in [0.05, 0.1) is 18.1 Å². The summed E-state index contributed by atoms with van der Waals surface area (Å²) >= 11 is 0. The smallest absolute Gasteiger partial charge is 0.328 e. The van der Waals surface area contributed by atoms with E-state index in [0.717, 1.165) is 0 Å². The molecular weight excluding hydrogens is 296 g/mol. The number of hydrogen-bond donors (Lipinski definition) is 3. The maximum atomic E-state index is 11.5. The minimum atomic E-state index is -1.34. The van der Waals surface area contributed by atoms with Crippen LogP contribution in [0.25, 0.3) is 0 Å². The van der Waals surface area contributed by atoms with Gasteiger partial charge >= 0.3 is 11.7 Å². The Morgan fingerprint density at radius 1 is 1.36 bits per heavy atom. The Bertz CT molecular complexity index is 547. The van der Waals surface area contributed by atoms with Crippen LogP contribution in [-0.2, 0) is 9.59 Å². The number of benzene rings is 1. The second kappa shape index (κ2) is 8.57. The van der Waals surface area contributed by atoms with E-state index in [1.807, 2.05) is 0 Å². The van der Waals surface area contributed by atoms with E-state index in [2.05, 4.69) is 5.32 Å². The van der Waals surface area contributed by atoms with Gasteiger partial charge in [0.25, 0.3) is 0 Å². The van der Waals surface area contributed by atoms with E-state index in [1.165, 1.54) is 18.2 Å². The Hall–Kier alpha value is -2.68. The first-order chi connectivity index (χ1) is 10.5. The van der Waals surface area contributed by atoms with Crippen LogP contribution in [0.15, 0.2) is 24.3 Å². The van der Waals surface area contributed by atoms with Gasteiger partial charge in [0.15, 0.2) is 5.75 Å². The summed E-state index contributed by atoms with van der Waals surface area (Å²) in [6.45, 7) is -0.636. The van der Waals surface area contributed by atoms with Crippen molar-refractivity contribution in [2.75, 3.05) is 13.2 Å². The standard InChI is InChI=1S/C13H16N2O7/c16-8-9(13(18)19)14-12(17)6-3-7-22-11-5-2-1-4-10(11)15(20)21/h1-2,4-5,9,16H,3,6-8H2,(H,14,17)(H,18,19). The van der Waals surface area contributed by atoms with Crippen molar-refractivity contribution in [3.05, 3.63) is 34.4 Å². The van der Waals surface area contributed by atoms with Gasteiger partial charge in [0.2, 0.25) is 5.91 Å². The number of hydrogen-bond acceptors (Lipinski definition) is 6. The van der Waals surface area contributed by atoms with Gasteiger partial charge in [-0.2, -0.15) is 0 Å².